The molecule has 0 saturated heterocycles. The predicted octanol–water partition coefficient (Wildman–Crippen LogP) is 2.92. The Hall–Kier alpha value is -3.44. The van der Waals surface area contributed by atoms with Crippen molar-refractivity contribution >= 4 is 33.1 Å². The molecule has 1 amide bonds. The van der Waals surface area contributed by atoms with Crippen molar-refractivity contribution in [2.24, 2.45) is 4.99 Å². The second kappa shape index (κ2) is 7.85. The molecular weight excluding hydrogens is 366 g/mol. The molecule has 0 aliphatic heterocycles. The maximum atomic E-state index is 12.4. The zero-order chi connectivity index (χ0) is 19.4. The highest BCUT2D eigenvalue weighted by Gasteiger charge is 2.12. The smallest absolute Gasteiger partial charge is 0.270 e. The number of benzene rings is 2. The average Bonchev–Trinajstić information content (AvgIpc) is 2.98. The molecule has 27 heavy (non-hydrogen) atoms. The quantitative estimate of drug-likeness (QED) is 0.386. The highest BCUT2D eigenvalue weighted by molar-refractivity contribution is 7.16. The van der Waals surface area contributed by atoms with Gasteiger partial charge in [0.05, 0.1) is 35.2 Å². The van der Waals surface area contributed by atoms with E-state index in [4.69, 9.17) is 11.2 Å². The lowest BCUT2D eigenvalue weighted by atomic mass is 10.1. The summed E-state index contributed by atoms with van der Waals surface area (Å²) < 4.78 is 7.50. The molecule has 0 fully saturated rings. The molecule has 0 unspecified atom stereocenters. The first-order chi connectivity index (χ1) is 13.0. The monoisotopic (exact) mass is 381 g/mol. The molecule has 1 aromatic heterocycles. The van der Waals surface area contributed by atoms with Crippen LogP contribution in [0.5, 0.6) is 5.75 Å². The number of fused-ring (bicyclic) bond motifs is 1. The van der Waals surface area contributed by atoms with Gasteiger partial charge in [0.1, 0.15) is 5.75 Å². The number of hydrogen-bond donors (Lipinski definition) is 0. The van der Waals surface area contributed by atoms with Gasteiger partial charge in [-0.25, -0.2) is 0 Å². The second-order valence-corrected chi connectivity index (χ2v) is 6.63. The van der Waals surface area contributed by atoms with E-state index in [-0.39, 0.29) is 24.6 Å². The fourth-order valence-electron chi connectivity index (χ4n) is 2.61. The number of amides is 1. The van der Waals surface area contributed by atoms with Crippen molar-refractivity contribution in [2.75, 3.05) is 7.11 Å². The lowest BCUT2D eigenvalue weighted by Gasteiger charge is -2.02. The minimum absolute atomic E-state index is 0.0223. The number of non-ortho nitro benzene ring substituents is 1. The highest BCUT2D eigenvalue weighted by atomic mass is 32.1. The Balaban J connectivity index is 2.00. The van der Waals surface area contributed by atoms with E-state index < -0.39 is 4.92 Å². The third-order valence-electron chi connectivity index (χ3n) is 3.84. The number of nitro benzene ring substituents is 1. The van der Waals surface area contributed by atoms with Crippen LogP contribution in [0.25, 0.3) is 10.2 Å². The van der Waals surface area contributed by atoms with Crippen molar-refractivity contribution in [3.8, 4) is 18.1 Å². The number of terminal acetylenes is 1. The molecule has 7 nitrogen and oxygen atoms in total. The van der Waals surface area contributed by atoms with Crippen LogP contribution >= 0.6 is 11.3 Å². The number of nitrogens with zero attached hydrogens (tertiary/aromatic N) is 3. The number of methoxy groups -OCH3 is 1. The maximum absolute atomic E-state index is 12.4. The SMILES string of the molecule is C#CCn1c(=NC(=O)Cc2cccc(OC)c2)sc2cc([N+](=O)[O-])ccc21. The number of hydrogen-bond acceptors (Lipinski definition) is 5. The molecular formula is C19H15N3O4S. The van der Waals surface area contributed by atoms with Crippen LogP contribution in [0.2, 0.25) is 0 Å². The van der Waals surface area contributed by atoms with Crippen LogP contribution in [-0.4, -0.2) is 22.5 Å². The summed E-state index contributed by atoms with van der Waals surface area (Å²) in [6, 6.07) is 11.7. The molecule has 2 aromatic carbocycles. The Morgan fingerprint density at radius 3 is 2.89 bits per heavy atom. The molecule has 0 bridgehead atoms. The van der Waals surface area contributed by atoms with Gasteiger partial charge in [-0.1, -0.05) is 29.4 Å². The average molecular weight is 381 g/mol. The second-order valence-electron chi connectivity index (χ2n) is 5.62. The number of carbonyl (C=O) groups is 1. The van der Waals surface area contributed by atoms with Gasteiger partial charge in [0.2, 0.25) is 0 Å². The Bertz CT molecular complexity index is 1140. The summed E-state index contributed by atoms with van der Waals surface area (Å²) in [5, 5.41) is 11.0. The van der Waals surface area contributed by atoms with Crippen molar-refractivity contribution in [2.45, 2.75) is 13.0 Å². The van der Waals surface area contributed by atoms with Crippen LogP contribution in [0.4, 0.5) is 5.69 Å². The molecule has 1 heterocycles. The van der Waals surface area contributed by atoms with E-state index in [0.29, 0.717) is 20.8 Å². The van der Waals surface area contributed by atoms with Crippen molar-refractivity contribution in [1.29, 1.82) is 0 Å². The standard InChI is InChI=1S/C19H15N3O4S/c1-3-9-21-16-8-7-14(22(24)25)12-17(16)27-19(21)20-18(23)11-13-5-4-6-15(10-13)26-2/h1,4-8,10,12H,9,11H2,2H3. The van der Waals surface area contributed by atoms with E-state index in [9.17, 15) is 14.9 Å². The van der Waals surface area contributed by atoms with Crippen LogP contribution in [0.15, 0.2) is 47.5 Å². The third kappa shape index (κ3) is 4.04. The summed E-state index contributed by atoms with van der Waals surface area (Å²) in [4.78, 5) is 27.5. The van der Waals surface area contributed by atoms with E-state index >= 15 is 0 Å². The van der Waals surface area contributed by atoms with Gasteiger partial charge in [0.25, 0.3) is 11.6 Å². The van der Waals surface area contributed by atoms with Gasteiger partial charge >= 0.3 is 0 Å². The summed E-state index contributed by atoms with van der Waals surface area (Å²) in [6.07, 6.45) is 5.54. The van der Waals surface area contributed by atoms with Crippen LogP contribution < -0.4 is 9.54 Å². The Morgan fingerprint density at radius 1 is 1.37 bits per heavy atom. The van der Waals surface area contributed by atoms with E-state index in [2.05, 4.69) is 10.9 Å². The number of rotatable bonds is 5. The number of nitro groups is 1. The molecule has 0 radical (unpaired) electrons. The van der Waals surface area contributed by atoms with Crippen LogP contribution in [-0.2, 0) is 17.8 Å². The van der Waals surface area contributed by atoms with Crippen LogP contribution in [0.3, 0.4) is 0 Å². The first kappa shape index (κ1) is 18.4. The summed E-state index contributed by atoms with van der Waals surface area (Å²) in [5.74, 6) is 2.85. The van der Waals surface area contributed by atoms with Gasteiger partial charge in [-0.15, -0.1) is 6.42 Å². The van der Waals surface area contributed by atoms with E-state index in [0.717, 1.165) is 5.56 Å². The molecule has 0 aliphatic carbocycles. The van der Waals surface area contributed by atoms with Crippen molar-refractivity contribution in [1.82, 2.24) is 4.57 Å². The number of aromatic nitrogens is 1. The van der Waals surface area contributed by atoms with Crippen molar-refractivity contribution in [3.05, 3.63) is 62.9 Å². The zero-order valence-electron chi connectivity index (χ0n) is 14.4. The van der Waals surface area contributed by atoms with Crippen molar-refractivity contribution < 1.29 is 14.5 Å². The minimum atomic E-state index is -0.463. The lowest BCUT2D eigenvalue weighted by molar-refractivity contribution is -0.384. The van der Waals surface area contributed by atoms with Gasteiger partial charge < -0.3 is 9.30 Å². The van der Waals surface area contributed by atoms with E-state index in [1.54, 1.807) is 35.9 Å². The highest BCUT2D eigenvalue weighted by Crippen LogP contribution is 2.23. The van der Waals surface area contributed by atoms with Gasteiger partial charge in [-0.3, -0.25) is 14.9 Å². The van der Waals surface area contributed by atoms with E-state index in [1.165, 1.54) is 23.5 Å². The number of carbonyl (C=O) groups excluding carboxylic acids is 1. The normalized spacial score (nSPS) is 11.3. The lowest BCUT2D eigenvalue weighted by Crippen LogP contribution is -2.17. The number of ether oxygens (including phenoxy) is 1. The molecule has 3 aromatic rings. The molecule has 136 valence electrons. The summed E-state index contributed by atoms with van der Waals surface area (Å²) in [6.45, 7) is 0.211. The fourth-order valence-corrected chi connectivity index (χ4v) is 3.69. The molecule has 0 aliphatic rings. The first-order valence-corrected chi connectivity index (χ1v) is 8.75. The Labute approximate surface area is 158 Å². The maximum Gasteiger partial charge on any atom is 0.270 e. The molecule has 0 N–H and O–H groups in total. The Morgan fingerprint density at radius 2 is 2.19 bits per heavy atom. The molecule has 3 rings (SSSR count). The zero-order valence-corrected chi connectivity index (χ0v) is 15.2. The summed E-state index contributed by atoms with van der Waals surface area (Å²) in [7, 11) is 1.56. The minimum Gasteiger partial charge on any atom is -0.497 e. The molecule has 0 atom stereocenters. The predicted molar refractivity (Wildman–Crippen MR) is 103 cm³/mol. The third-order valence-corrected chi connectivity index (χ3v) is 4.88. The van der Waals surface area contributed by atoms with Gasteiger partial charge in [-0.05, 0) is 23.8 Å². The first-order valence-electron chi connectivity index (χ1n) is 7.93. The fraction of sp³-hybridized carbons (Fsp3) is 0.158. The molecule has 8 heteroatoms. The van der Waals surface area contributed by atoms with Gasteiger partial charge in [-0.2, -0.15) is 4.99 Å². The van der Waals surface area contributed by atoms with E-state index in [1.807, 2.05) is 6.07 Å². The van der Waals surface area contributed by atoms with Crippen LogP contribution in [0, 0.1) is 22.5 Å². The topological polar surface area (TPSA) is 86.7 Å². The Kier molecular flexibility index (Phi) is 5.33. The van der Waals surface area contributed by atoms with Crippen LogP contribution in [0.1, 0.15) is 5.56 Å². The van der Waals surface area contributed by atoms with Crippen molar-refractivity contribution in [3.63, 3.8) is 0 Å². The summed E-state index contributed by atoms with van der Waals surface area (Å²) >= 11 is 1.19. The largest absolute Gasteiger partial charge is 0.497 e. The number of thiazole rings is 1. The molecule has 0 saturated carbocycles. The summed E-state index contributed by atoms with van der Waals surface area (Å²) in [5.41, 5.74) is 1.46. The van der Waals surface area contributed by atoms with Gasteiger partial charge in [0.15, 0.2) is 4.80 Å². The van der Waals surface area contributed by atoms with Gasteiger partial charge in [0, 0.05) is 12.1 Å². The molecule has 0 spiro atoms.